The number of carbonyl (C=O) groups is 2. The van der Waals surface area contributed by atoms with E-state index in [9.17, 15) is 9.59 Å². The van der Waals surface area contributed by atoms with Gasteiger partial charge in [-0.3, -0.25) is 0 Å². The van der Waals surface area contributed by atoms with E-state index in [0.29, 0.717) is 25.2 Å². The van der Waals surface area contributed by atoms with E-state index in [1.807, 2.05) is 0 Å². The van der Waals surface area contributed by atoms with Crippen molar-refractivity contribution in [1.29, 1.82) is 0 Å². The number of urea groups is 1. The molecule has 1 unspecified atom stereocenters. The van der Waals surface area contributed by atoms with Gasteiger partial charge in [0.05, 0.1) is 0 Å². The Morgan fingerprint density at radius 2 is 2.33 bits per heavy atom. The van der Waals surface area contributed by atoms with Crippen molar-refractivity contribution in [3.05, 3.63) is 12.2 Å². The predicted octanol–water partition coefficient (Wildman–Crippen LogP) is 0.117. The molecule has 1 aromatic heterocycles. The summed E-state index contributed by atoms with van der Waals surface area (Å²) in [5.74, 6) is -0.531. The van der Waals surface area contributed by atoms with Gasteiger partial charge in [0.25, 0.3) is 0 Å². The lowest BCUT2D eigenvalue weighted by Crippen LogP contribution is -2.47. The lowest BCUT2D eigenvalue weighted by Gasteiger charge is -2.23. The lowest BCUT2D eigenvalue weighted by molar-refractivity contribution is -0.141. The van der Waals surface area contributed by atoms with Gasteiger partial charge in [0.15, 0.2) is 5.82 Å². The fraction of sp³-hybridized carbons (Fsp3) is 0.600. The van der Waals surface area contributed by atoms with Gasteiger partial charge in [-0.05, 0) is 6.42 Å². The Kier molecular flexibility index (Phi) is 5.09. The molecule has 0 radical (unpaired) electrons. The minimum absolute atomic E-state index is 0.318. The SMILES string of the molecule is CCC(C(=O)O)N(C)C(=O)NCCc1ncon1. The highest BCUT2D eigenvalue weighted by molar-refractivity contribution is 5.82. The number of hydrogen-bond acceptors (Lipinski definition) is 5. The molecule has 0 aliphatic heterocycles. The number of rotatable bonds is 6. The van der Waals surface area contributed by atoms with Crippen LogP contribution < -0.4 is 5.32 Å². The third-order valence-electron chi connectivity index (χ3n) is 2.49. The van der Waals surface area contributed by atoms with E-state index in [-0.39, 0.29) is 0 Å². The van der Waals surface area contributed by atoms with Gasteiger partial charge in [-0.2, -0.15) is 4.98 Å². The minimum atomic E-state index is -1.02. The Hall–Kier alpha value is -2.12. The Morgan fingerprint density at radius 3 is 2.83 bits per heavy atom. The van der Waals surface area contributed by atoms with Gasteiger partial charge in [0.1, 0.15) is 6.04 Å². The highest BCUT2D eigenvalue weighted by atomic mass is 16.5. The first-order valence-electron chi connectivity index (χ1n) is 5.55. The Balaban J connectivity index is 2.37. The van der Waals surface area contributed by atoms with Crippen LogP contribution in [0.15, 0.2) is 10.9 Å². The second-order valence-electron chi connectivity index (χ2n) is 3.70. The van der Waals surface area contributed by atoms with Crippen LogP contribution in [0.3, 0.4) is 0 Å². The van der Waals surface area contributed by atoms with E-state index >= 15 is 0 Å². The molecule has 1 heterocycles. The van der Waals surface area contributed by atoms with Crippen molar-refractivity contribution >= 4 is 12.0 Å². The van der Waals surface area contributed by atoms with Crippen LogP contribution in [0.2, 0.25) is 0 Å². The second kappa shape index (κ2) is 6.58. The minimum Gasteiger partial charge on any atom is -0.480 e. The molecule has 0 aliphatic carbocycles. The van der Waals surface area contributed by atoms with E-state index in [1.54, 1.807) is 6.92 Å². The topological polar surface area (TPSA) is 109 Å². The van der Waals surface area contributed by atoms with Crippen molar-refractivity contribution in [2.75, 3.05) is 13.6 Å². The highest BCUT2D eigenvalue weighted by Crippen LogP contribution is 2.02. The zero-order valence-corrected chi connectivity index (χ0v) is 10.3. The average Bonchev–Trinajstić information content (AvgIpc) is 2.82. The molecule has 1 rings (SSSR count). The number of carboxylic acids is 1. The maximum atomic E-state index is 11.7. The zero-order valence-electron chi connectivity index (χ0n) is 10.3. The van der Waals surface area contributed by atoms with E-state index in [0.717, 1.165) is 0 Å². The monoisotopic (exact) mass is 256 g/mol. The van der Waals surface area contributed by atoms with Crippen molar-refractivity contribution in [3.63, 3.8) is 0 Å². The van der Waals surface area contributed by atoms with Crippen LogP contribution in [-0.4, -0.2) is 51.8 Å². The van der Waals surface area contributed by atoms with Crippen LogP contribution in [0.4, 0.5) is 4.79 Å². The van der Waals surface area contributed by atoms with E-state index in [2.05, 4.69) is 20.0 Å². The number of carboxylic acid groups (broad SMARTS) is 1. The smallest absolute Gasteiger partial charge is 0.326 e. The quantitative estimate of drug-likeness (QED) is 0.748. The molecular formula is C10H16N4O4. The van der Waals surface area contributed by atoms with Crippen LogP contribution in [0.5, 0.6) is 0 Å². The Labute approximate surface area is 104 Å². The molecule has 0 saturated heterocycles. The summed E-state index contributed by atoms with van der Waals surface area (Å²) < 4.78 is 4.54. The lowest BCUT2D eigenvalue weighted by atomic mass is 10.2. The van der Waals surface area contributed by atoms with Crippen LogP contribution in [-0.2, 0) is 11.2 Å². The van der Waals surface area contributed by atoms with Gasteiger partial charge < -0.3 is 19.8 Å². The maximum Gasteiger partial charge on any atom is 0.326 e. The number of aromatic nitrogens is 2. The van der Waals surface area contributed by atoms with E-state index in [4.69, 9.17) is 5.11 Å². The summed E-state index contributed by atoms with van der Waals surface area (Å²) in [6.07, 6.45) is 1.99. The van der Waals surface area contributed by atoms with E-state index < -0.39 is 18.0 Å². The highest BCUT2D eigenvalue weighted by Gasteiger charge is 2.24. The van der Waals surface area contributed by atoms with Gasteiger partial charge in [0.2, 0.25) is 6.39 Å². The molecule has 8 heteroatoms. The third kappa shape index (κ3) is 3.72. The molecule has 2 amide bonds. The Bertz CT molecular complexity index is 393. The molecule has 0 bridgehead atoms. The number of carbonyl (C=O) groups excluding carboxylic acids is 1. The van der Waals surface area contributed by atoms with Gasteiger partial charge in [-0.25, -0.2) is 9.59 Å². The summed E-state index contributed by atoms with van der Waals surface area (Å²) in [7, 11) is 1.45. The predicted molar refractivity (Wildman–Crippen MR) is 60.9 cm³/mol. The zero-order chi connectivity index (χ0) is 13.5. The molecular weight excluding hydrogens is 240 g/mol. The first kappa shape index (κ1) is 13.9. The van der Waals surface area contributed by atoms with Crippen molar-refractivity contribution < 1.29 is 19.2 Å². The number of nitrogens with zero attached hydrogens (tertiary/aromatic N) is 3. The summed E-state index contributed by atoms with van der Waals surface area (Å²) in [4.78, 5) is 27.5. The first-order chi connectivity index (χ1) is 8.56. The molecule has 8 nitrogen and oxygen atoms in total. The van der Waals surface area contributed by atoms with Crippen LogP contribution in [0.1, 0.15) is 19.2 Å². The second-order valence-corrected chi connectivity index (χ2v) is 3.70. The number of aliphatic carboxylic acids is 1. The molecule has 100 valence electrons. The summed E-state index contributed by atoms with van der Waals surface area (Å²) >= 11 is 0. The maximum absolute atomic E-state index is 11.7. The molecule has 0 spiro atoms. The number of amides is 2. The summed E-state index contributed by atoms with van der Waals surface area (Å²) in [5, 5.41) is 15.1. The van der Waals surface area contributed by atoms with Gasteiger partial charge in [-0.15, -0.1) is 0 Å². The van der Waals surface area contributed by atoms with Crippen molar-refractivity contribution in [1.82, 2.24) is 20.4 Å². The standard InChI is InChI=1S/C10H16N4O4/c1-3-7(9(15)16)14(2)10(17)11-5-4-8-12-6-18-13-8/h6-7H,3-5H2,1-2H3,(H,11,17)(H,15,16). The van der Waals surface area contributed by atoms with Crippen LogP contribution in [0, 0.1) is 0 Å². The molecule has 0 saturated carbocycles. The van der Waals surface area contributed by atoms with Crippen molar-refractivity contribution in [3.8, 4) is 0 Å². The largest absolute Gasteiger partial charge is 0.480 e. The normalized spacial score (nSPS) is 11.9. The van der Waals surface area contributed by atoms with Crippen molar-refractivity contribution in [2.24, 2.45) is 0 Å². The van der Waals surface area contributed by atoms with Gasteiger partial charge >= 0.3 is 12.0 Å². The fourth-order valence-corrected chi connectivity index (χ4v) is 1.46. The van der Waals surface area contributed by atoms with Gasteiger partial charge in [-0.1, -0.05) is 12.1 Å². The first-order valence-corrected chi connectivity index (χ1v) is 5.55. The average molecular weight is 256 g/mol. The van der Waals surface area contributed by atoms with E-state index in [1.165, 1.54) is 18.3 Å². The fourth-order valence-electron chi connectivity index (χ4n) is 1.46. The number of hydrogen-bond donors (Lipinski definition) is 2. The number of nitrogens with one attached hydrogen (secondary N) is 1. The Morgan fingerprint density at radius 1 is 1.61 bits per heavy atom. The summed E-state index contributed by atoms with van der Waals surface area (Å²) in [5.41, 5.74) is 0. The molecule has 1 atom stereocenters. The van der Waals surface area contributed by atoms with Crippen LogP contribution in [0.25, 0.3) is 0 Å². The molecule has 0 aliphatic rings. The van der Waals surface area contributed by atoms with Gasteiger partial charge in [0, 0.05) is 20.0 Å². The summed E-state index contributed by atoms with van der Waals surface area (Å²) in [6.45, 7) is 2.03. The van der Waals surface area contributed by atoms with Crippen molar-refractivity contribution in [2.45, 2.75) is 25.8 Å². The molecule has 1 aromatic rings. The third-order valence-corrected chi connectivity index (χ3v) is 2.49. The number of likely N-dealkylation sites (N-methyl/N-ethyl adjacent to an activating group) is 1. The van der Waals surface area contributed by atoms with Crippen LogP contribution >= 0.6 is 0 Å². The molecule has 2 N–H and O–H groups in total. The molecule has 18 heavy (non-hydrogen) atoms. The molecule has 0 aromatic carbocycles. The summed E-state index contributed by atoms with van der Waals surface area (Å²) in [6, 6.07) is -1.26. The molecule has 0 fully saturated rings.